The number of halogens is 1. The molecule has 0 aliphatic heterocycles. The van der Waals surface area contributed by atoms with E-state index in [9.17, 15) is 9.18 Å². The Morgan fingerprint density at radius 2 is 2.31 bits per heavy atom. The summed E-state index contributed by atoms with van der Waals surface area (Å²) in [4.78, 5) is 10.9. The molecular weight excluding hydrogens is 173 g/mol. The third-order valence-electron chi connectivity index (χ3n) is 1.55. The first-order valence-corrected chi connectivity index (χ1v) is 3.92. The van der Waals surface area contributed by atoms with Gasteiger partial charge < -0.3 is 10.4 Å². The molecule has 4 heteroatoms. The Labute approximate surface area is 75.2 Å². The molecule has 13 heavy (non-hydrogen) atoms. The predicted octanol–water partition coefficient (Wildman–Crippen LogP) is 1.88. The van der Waals surface area contributed by atoms with Crippen LogP contribution in [0.1, 0.15) is 13.3 Å². The Morgan fingerprint density at radius 1 is 1.62 bits per heavy atom. The van der Waals surface area contributed by atoms with Crippen LogP contribution in [0, 0.1) is 5.82 Å². The van der Waals surface area contributed by atoms with Gasteiger partial charge in [-0.05, 0) is 12.1 Å². The summed E-state index contributed by atoms with van der Waals surface area (Å²) in [6.45, 7) is 1.70. The monoisotopic (exact) mass is 183 g/mol. The Kier molecular flexibility index (Phi) is 2.84. The van der Waals surface area contributed by atoms with E-state index in [0.29, 0.717) is 12.1 Å². The molecule has 3 nitrogen and oxygen atoms in total. The number of phenolic OH excluding ortho intramolecular Hbond substituents is 1. The van der Waals surface area contributed by atoms with Crippen molar-refractivity contribution in [2.75, 3.05) is 5.32 Å². The van der Waals surface area contributed by atoms with Gasteiger partial charge in [-0.25, -0.2) is 4.39 Å². The maximum absolute atomic E-state index is 12.7. The second-order valence-electron chi connectivity index (χ2n) is 2.57. The van der Waals surface area contributed by atoms with Crippen molar-refractivity contribution in [2.45, 2.75) is 13.3 Å². The lowest BCUT2D eigenvalue weighted by Gasteiger charge is -2.03. The maximum atomic E-state index is 12.7. The van der Waals surface area contributed by atoms with Crippen LogP contribution in [-0.2, 0) is 4.79 Å². The number of anilines is 1. The van der Waals surface area contributed by atoms with Gasteiger partial charge in [0.05, 0.1) is 0 Å². The first-order valence-electron chi connectivity index (χ1n) is 3.92. The van der Waals surface area contributed by atoms with E-state index in [2.05, 4.69) is 5.32 Å². The van der Waals surface area contributed by atoms with Gasteiger partial charge in [-0.1, -0.05) is 6.92 Å². The third-order valence-corrected chi connectivity index (χ3v) is 1.55. The van der Waals surface area contributed by atoms with Gasteiger partial charge in [0, 0.05) is 18.2 Å². The molecule has 0 fully saturated rings. The molecule has 1 aromatic carbocycles. The van der Waals surface area contributed by atoms with E-state index in [4.69, 9.17) is 5.11 Å². The van der Waals surface area contributed by atoms with E-state index in [1.165, 1.54) is 12.1 Å². The largest absolute Gasteiger partial charge is 0.505 e. The van der Waals surface area contributed by atoms with Crippen molar-refractivity contribution in [3.8, 4) is 5.75 Å². The average Bonchev–Trinajstić information content (AvgIpc) is 2.11. The molecule has 0 unspecified atom stereocenters. The van der Waals surface area contributed by atoms with Gasteiger partial charge in [-0.3, -0.25) is 4.79 Å². The zero-order valence-corrected chi connectivity index (χ0v) is 7.17. The summed E-state index contributed by atoms with van der Waals surface area (Å²) in [6.07, 6.45) is 0.336. The predicted molar refractivity (Wildman–Crippen MR) is 47.0 cm³/mol. The number of hydrogen-bond acceptors (Lipinski definition) is 2. The lowest BCUT2D eigenvalue weighted by molar-refractivity contribution is -0.115. The Bertz CT molecular complexity index is 325. The molecule has 0 aromatic heterocycles. The zero-order valence-electron chi connectivity index (χ0n) is 7.17. The molecule has 1 rings (SSSR count). The first kappa shape index (κ1) is 9.51. The van der Waals surface area contributed by atoms with Gasteiger partial charge in [0.15, 0.2) is 11.6 Å². The number of rotatable bonds is 2. The second-order valence-corrected chi connectivity index (χ2v) is 2.57. The molecule has 0 saturated heterocycles. The lowest BCUT2D eigenvalue weighted by atomic mass is 10.3. The van der Waals surface area contributed by atoms with Crippen molar-refractivity contribution in [3.63, 3.8) is 0 Å². The first-order chi connectivity index (χ1) is 6.13. The molecule has 0 spiro atoms. The van der Waals surface area contributed by atoms with Crippen molar-refractivity contribution in [3.05, 3.63) is 24.0 Å². The number of phenols is 1. The second kappa shape index (κ2) is 3.89. The van der Waals surface area contributed by atoms with Gasteiger partial charge in [0.1, 0.15) is 0 Å². The molecule has 2 N–H and O–H groups in total. The number of carbonyl (C=O) groups excluding carboxylic acids is 1. The molecule has 0 aliphatic rings. The average molecular weight is 183 g/mol. The van der Waals surface area contributed by atoms with Crippen LogP contribution in [-0.4, -0.2) is 11.0 Å². The topological polar surface area (TPSA) is 49.3 Å². The van der Waals surface area contributed by atoms with Gasteiger partial charge in [0.2, 0.25) is 5.91 Å². The summed E-state index contributed by atoms with van der Waals surface area (Å²) < 4.78 is 12.7. The highest BCUT2D eigenvalue weighted by molar-refractivity contribution is 5.90. The molecule has 0 atom stereocenters. The van der Waals surface area contributed by atoms with Crippen molar-refractivity contribution in [1.82, 2.24) is 0 Å². The van der Waals surface area contributed by atoms with Crippen LogP contribution in [0.25, 0.3) is 0 Å². The molecule has 0 radical (unpaired) electrons. The summed E-state index contributed by atoms with van der Waals surface area (Å²) in [5.41, 5.74) is 0.349. The molecule has 1 amide bonds. The number of nitrogens with one attached hydrogen (secondary N) is 1. The van der Waals surface area contributed by atoms with E-state index < -0.39 is 11.6 Å². The van der Waals surface area contributed by atoms with Crippen LogP contribution in [0.5, 0.6) is 5.75 Å². The fourth-order valence-corrected chi connectivity index (χ4v) is 0.834. The highest BCUT2D eigenvalue weighted by atomic mass is 19.1. The summed E-state index contributed by atoms with van der Waals surface area (Å²) in [7, 11) is 0. The zero-order chi connectivity index (χ0) is 9.84. The number of hydrogen-bond donors (Lipinski definition) is 2. The fourth-order valence-electron chi connectivity index (χ4n) is 0.834. The van der Waals surface area contributed by atoms with Gasteiger partial charge in [-0.15, -0.1) is 0 Å². The van der Waals surface area contributed by atoms with E-state index in [1.807, 2.05) is 0 Å². The van der Waals surface area contributed by atoms with Crippen LogP contribution in [0.4, 0.5) is 10.1 Å². The Hall–Kier alpha value is -1.58. The van der Waals surface area contributed by atoms with Gasteiger partial charge in [-0.2, -0.15) is 0 Å². The minimum absolute atomic E-state index is 0.190. The molecule has 70 valence electrons. The van der Waals surface area contributed by atoms with Crippen LogP contribution in [0.2, 0.25) is 0 Å². The van der Waals surface area contributed by atoms with Crippen LogP contribution < -0.4 is 5.32 Å². The van der Waals surface area contributed by atoms with Gasteiger partial charge in [0.25, 0.3) is 0 Å². The summed E-state index contributed by atoms with van der Waals surface area (Å²) in [5, 5.41) is 11.3. The highest BCUT2D eigenvalue weighted by Gasteiger charge is 2.03. The third kappa shape index (κ3) is 2.43. The minimum atomic E-state index is -0.742. The lowest BCUT2D eigenvalue weighted by Crippen LogP contribution is -2.09. The molecule has 0 bridgehead atoms. The van der Waals surface area contributed by atoms with Crippen molar-refractivity contribution < 1.29 is 14.3 Å². The van der Waals surface area contributed by atoms with Crippen molar-refractivity contribution >= 4 is 11.6 Å². The van der Waals surface area contributed by atoms with Crippen LogP contribution in [0.3, 0.4) is 0 Å². The molecule has 0 saturated carbocycles. The normalized spacial score (nSPS) is 9.69. The minimum Gasteiger partial charge on any atom is -0.505 e. The van der Waals surface area contributed by atoms with E-state index in [-0.39, 0.29) is 5.91 Å². The number of carbonyl (C=O) groups is 1. The summed E-state index contributed by atoms with van der Waals surface area (Å²) in [5.74, 6) is -1.35. The van der Waals surface area contributed by atoms with E-state index in [0.717, 1.165) is 6.07 Å². The van der Waals surface area contributed by atoms with Crippen molar-refractivity contribution in [1.29, 1.82) is 0 Å². The maximum Gasteiger partial charge on any atom is 0.224 e. The van der Waals surface area contributed by atoms with Gasteiger partial charge >= 0.3 is 0 Å². The number of aromatic hydroxyl groups is 1. The number of amides is 1. The Morgan fingerprint density at radius 3 is 2.85 bits per heavy atom. The molecule has 0 heterocycles. The quantitative estimate of drug-likeness (QED) is 0.688. The summed E-state index contributed by atoms with van der Waals surface area (Å²) >= 11 is 0. The van der Waals surface area contributed by atoms with E-state index >= 15 is 0 Å². The Balaban J connectivity index is 2.79. The van der Waals surface area contributed by atoms with E-state index in [1.54, 1.807) is 6.92 Å². The van der Waals surface area contributed by atoms with Crippen LogP contribution >= 0.6 is 0 Å². The van der Waals surface area contributed by atoms with Crippen molar-refractivity contribution in [2.24, 2.45) is 0 Å². The highest BCUT2D eigenvalue weighted by Crippen LogP contribution is 2.19. The molecular formula is C9H10FNO2. The number of benzene rings is 1. The van der Waals surface area contributed by atoms with Crippen LogP contribution in [0.15, 0.2) is 18.2 Å². The summed E-state index contributed by atoms with van der Waals surface area (Å²) in [6, 6.07) is 3.70. The molecule has 0 aliphatic carbocycles. The fraction of sp³-hybridized carbons (Fsp3) is 0.222. The smallest absolute Gasteiger partial charge is 0.224 e. The SMILES string of the molecule is CCC(=O)Nc1ccc(O)c(F)c1. The standard InChI is InChI=1S/C9H10FNO2/c1-2-9(13)11-6-3-4-8(12)7(10)5-6/h3-5,12H,2H2,1H3,(H,11,13). The molecule has 1 aromatic rings.